The summed E-state index contributed by atoms with van der Waals surface area (Å²) in [7, 11) is -1.14. The lowest BCUT2D eigenvalue weighted by Crippen LogP contribution is -2.27. The number of rotatable bonds is 4. The molecule has 2 aromatic rings. The number of nitrogens with zero attached hydrogens (tertiary/aromatic N) is 2. The molecule has 20 heavy (non-hydrogen) atoms. The highest BCUT2D eigenvalue weighted by atomic mass is 32.2. The number of aromatic nitrogens is 1. The predicted octanol–water partition coefficient (Wildman–Crippen LogP) is 2.42. The summed E-state index contributed by atoms with van der Waals surface area (Å²) in [5, 5.41) is 1.99. The summed E-state index contributed by atoms with van der Waals surface area (Å²) in [5.74, 6) is -0.667. The molecule has 0 radical (unpaired) electrons. The number of hydrogen-bond acceptors (Lipinski definition) is 5. The van der Waals surface area contributed by atoms with Crippen molar-refractivity contribution >= 4 is 26.5 Å². The molecule has 0 bridgehead atoms. The molecule has 2 rings (SSSR count). The second-order valence-corrected chi connectivity index (χ2v) is 6.80. The molecule has 0 aliphatic heterocycles. The van der Waals surface area contributed by atoms with Gasteiger partial charge in [0.15, 0.2) is 16.7 Å². The normalized spacial score (nSPS) is 11.4. The monoisotopic (exact) mass is 316 g/mol. The fraction of sp³-hybridized carbons (Fsp3) is 0.250. The van der Waals surface area contributed by atoms with Crippen molar-refractivity contribution in [3.8, 4) is 5.75 Å². The van der Waals surface area contributed by atoms with Crippen molar-refractivity contribution in [1.82, 2.24) is 4.98 Å². The van der Waals surface area contributed by atoms with Crippen LogP contribution in [0.15, 0.2) is 28.6 Å². The Hall–Kier alpha value is -1.67. The maximum atomic E-state index is 14.0. The Morgan fingerprint density at radius 1 is 1.40 bits per heavy atom. The molecule has 0 aliphatic rings. The van der Waals surface area contributed by atoms with E-state index in [1.54, 1.807) is 5.38 Å². The number of halogens is 1. The Morgan fingerprint density at radius 3 is 2.65 bits per heavy atom. The Bertz CT molecular complexity index is 715. The Balaban J connectivity index is 2.53. The van der Waals surface area contributed by atoms with Crippen molar-refractivity contribution < 1.29 is 17.5 Å². The lowest BCUT2D eigenvalue weighted by atomic mass is 10.2. The second-order valence-electron chi connectivity index (χ2n) is 3.99. The van der Waals surface area contributed by atoms with Crippen LogP contribution in [0.4, 0.5) is 9.52 Å². The molecule has 0 N–H and O–H groups in total. The van der Waals surface area contributed by atoms with E-state index in [-0.39, 0.29) is 16.2 Å². The first-order chi connectivity index (χ1) is 9.39. The molecule has 108 valence electrons. The molecule has 0 saturated carbocycles. The van der Waals surface area contributed by atoms with Crippen molar-refractivity contribution in [1.29, 1.82) is 0 Å². The van der Waals surface area contributed by atoms with Crippen LogP contribution in [0, 0.1) is 12.7 Å². The molecule has 0 atom stereocenters. The Morgan fingerprint density at radius 2 is 2.10 bits per heavy atom. The molecular formula is C12H13FN2O3S2. The number of thiazole rings is 1. The molecule has 1 heterocycles. The summed E-state index contributed by atoms with van der Waals surface area (Å²) in [4.78, 5) is 3.84. The van der Waals surface area contributed by atoms with E-state index in [1.165, 1.54) is 50.7 Å². The van der Waals surface area contributed by atoms with Crippen LogP contribution < -0.4 is 9.04 Å². The zero-order valence-corrected chi connectivity index (χ0v) is 12.8. The third-order valence-corrected chi connectivity index (χ3v) is 5.70. The van der Waals surface area contributed by atoms with Gasteiger partial charge in [0.2, 0.25) is 0 Å². The molecule has 0 saturated heterocycles. The predicted molar refractivity (Wildman–Crippen MR) is 75.4 cm³/mol. The highest BCUT2D eigenvalue weighted by Gasteiger charge is 2.27. The fourth-order valence-electron chi connectivity index (χ4n) is 1.70. The molecule has 0 fully saturated rings. The van der Waals surface area contributed by atoms with Crippen molar-refractivity contribution in [3.63, 3.8) is 0 Å². The minimum atomic E-state index is -3.85. The summed E-state index contributed by atoms with van der Waals surface area (Å²) < 4.78 is 44.8. The van der Waals surface area contributed by atoms with Crippen LogP contribution in [-0.2, 0) is 10.0 Å². The zero-order valence-electron chi connectivity index (χ0n) is 11.1. The topological polar surface area (TPSA) is 59.5 Å². The van der Waals surface area contributed by atoms with Crippen LogP contribution in [0.5, 0.6) is 5.75 Å². The van der Waals surface area contributed by atoms with Gasteiger partial charge in [0.1, 0.15) is 0 Å². The first-order valence-electron chi connectivity index (χ1n) is 5.61. The summed E-state index contributed by atoms with van der Waals surface area (Å²) in [6, 6.07) is 2.63. The van der Waals surface area contributed by atoms with E-state index in [9.17, 15) is 12.8 Å². The standard InChI is InChI=1S/C12H13FN2O3S2/c1-8-10(5-4-9(18-3)11(8)13)20(16,17)15(2)12-14-6-7-19-12/h4-7H,1-3H3. The van der Waals surface area contributed by atoms with Gasteiger partial charge in [0.05, 0.1) is 12.0 Å². The molecule has 1 aromatic heterocycles. The van der Waals surface area contributed by atoms with E-state index in [2.05, 4.69) is 4.98 Å². The molecule has 0 amide bonds. The molecule has 1 aromatic carbocycles. The number of benzene rings is 1. The summed E-state index contributed by atoms with van der Waals surface area (Å²) >= 11 is 1.19. The minimum Gasteiger partial charge on any atom is -0.494 e. The first kappa shape index (κ1) is 14.7. The quantitative estimate of drug-likeness (QED) is 0.869. The summed E-state index contributed by atoms with van der Waals surface area (Å²) in [5.41, 5.74) is 0.0211. The van der Waals surface area contributed by atoms with Crippen LogP contribution in [0.1, 0.15) is 5.56 Å². The fourth-order valence-corrected chi connectivity index (χ4v) is 3.90. The molecule has 0 aliphatic carbocycles. The number of hydrogen-bond donors (Lipinski definition) is 0. The van der Waals surface area contributed by atoms with Gasteiger partial charge in [0, 0.05) is 24.2 Å². The van der Waals surface area contributed by atoms with Crippen LogP contribution in [0.25, 0.3) is 0 Å². The van der Waals surface area contributed by atoms with Gasteiger partial charge < -0.3 is 4.74 Å². The van der Waals surface area contributed by atoms with E-state index >= 15 is 0 Å². The molecule has 8 heteroatoms. The average molecular weight is 316 g/mol. The largest absolute Gasteiger partial charge is 0.494 e. The van der Waals surface area contributed by atoms with Crippen LogP contribution >= 0.6 is 11.3 Å². The molecule has 5 nitrogen and oxygen atoms in total. The second kappa shape index (κ2) is 5.37. The summed E-state index contributed by atoms with van der Waals surface area (Å²) in [6.07, 6.45) is 1.51. The van der Waals surface area contributed by atoms with Gasteiger partial charge >= 0.3 is 0 Å². The number of methoxy groups -OCH3 is 1. The first-order valence-corrected chi connectivity index (χ1v) is 7.93. The van der Waals surface area contributed by atoms with E-state index in [0.29, 0.717) is 5.13 Å². The van der Waals surface area contributed by atoms with E-state index in [4.69, 9.17) is 4.74 Å². The molecule has 0 spiro atoms. The summed E-state index contributed by atoms with van der Waals surface area (Å²) in [6.45, 7) is 1.40. The number of anilines is 1. The zero-order chi connectivity index (χ0) is 14.9. The highest BCUT2D eigenvalue weighted by Crippen LogP contribution is 2.30. The van der Waals surface area contributed by atoms with Gasteiger partial charge in [-0.3, -0.25) is 0 Å². The molecular weight excluding hydrogens is 303 g/mol. The lowest BCUT2D eigenvalue weighted by Gasteiger charge is -2.18. The maximum absolute atomic E-state index is 14.0. The van der Waals surface area contributed by atoms with Crippen molar-refractivity contribution in [2.45, 2.75) is 11.8 Å². The van der Waals surface area contributed by atoms with Crippen molar-refractivity contribution in [3.05, 3.63) is 35.1 Å². The third kappa shape index (κ3) is 2.36. The lowest BCUT2D eigenvalue weighted by molar-refractivity contribution is 0.384. The van der Waals surface area contributed by atoms with Crippen LogP contribution in [0.2, 0.25) is 0 Å². The Kier molecular flexibility index (Phi) is 3.96. The van der Waals surface area contributed by atoms with Gasteiger partial charge in [0.25, 0.3) is 10.0 Å². The van der Waals surface area contributed by atoms with Gasteiger partial charge in [-0.15, -0.1) is 11.3 Å². The number of sulfonamides is 1. The third-order valence-electron chi connectivity index (χ3n) is 2.85. The highest BCUT2D eigenvalue weighted by molar-refractivity contribution is 7.93. The van der Waals surface area contributed by atoms with Crippen LogP contribution in [-0.4, -0.2) is 27.6 Å². The average Bonchev–Trinajstić information content (AvgIpc) is 2.94. The van der Waals surface area contributed by atoms with Crippen molar-refractivity contribution in [2.24, 2.45) is 0 Å². The van der Waals surface area contributed by atoms with E-state index in [0.717, 1.165) is 4.31 Å². The number of ether oxygens (including phenoxy) is 1. The van der Waals surface area contributed by atoms with Gasteiger partial charge in [-0.25, -0.2) is 22.1 Å². The smallest absolute Gasteiger partial charge is 0.266 e. The van der Waals surface area contributed by atoms with Gasteiger partial charge in [-0.05, 0) is 19.1 Å². The van der Waals surface area contributed by atoms with E-state index in [1.807, 2.05) is 0 Å². The van der Waals surface area contributed by atoms with Crippen LogP contribution in [0.3, 0.4) is 0 Å². The SMILES string of the molecule is COc1ccc(S(=O)(=O)N(C)c2nccs2)c(C)c1F. The molecule has 0 unspecified atom stereocenters. The van der Waals surface area contributed by atoms with Gasteiger partial charge in [-0.1, -0.05) is 0 Å². The minimum absolute atomic E-state index is 0.0124. The Labute approximate surface area is 120 Å². The van der Waals surface area contributed by atoms with Crippen molar-refractivity contribution in [2.75, 3.05) is 18.5 Å². The van der Waals surface area contributed by atoms with Gasteiger partial charge in [-0.2, -0.15) is 0 Å². The maximum Gasteiger partial charge on any atom is 0.266 e. The van der Waals surface area contributed by atoms with E-state index < -0.39 is 15.8 Å².